The van der Waals surface area contributed by atoms with Crippen molar-refractivity contribution < 1.29 is 4.42 Å². The van der Waals surface area contributed by atoms with E-state index >= 15 is 0 Å². The van der Waals surface area contributed by atoms with E-state index in [0.717, 1.165) is 34.3 Å². The Labute approximate surface area is 171 Å². The molecular formula is C22H17N7O. The highest BCUT2D eigenvalue weighted by atomic mass is 16.4. The van der Waals surface area contributed by atoms with Crippen LogP contribution in [-0.2, 0) is 6.42 Å². The summed E-state index contributed by atoms with van der Waals surface area (Å²) < 4.78 is 6.02. The Morgan fingerprint density at radius 1 is 0.967 bits per heavy atom. The Balaban J connectivity index is 1.45. The van der Waals surface area contributed by atoms with Gasteiger partial charge in [-0.3, -0.25) is 9.97 Å². The Bertz CT molecular complexity index is 1330. The summed E-state index contributed by atoms with van der Waals surface area (Å²) in [4.78, 5) is 18.9. The number of hydrogen-bond acceptors (Lipinski definition) is 7. The number of nitrogens with zero attached hydrogens (tertiary/aromatic N) is 6. The molecular weight excluding hydrogens is 378 g/mol. The van der Waals surface area contributed by atoms with Crippen LogP contribution in [0.4, 0.5) is 6.01 Å². The molecule has 30 heavy (non-hydrogen) atoms. The van der Waals surface area contributed by atoms with E-state index in [1.54, 1.807) is 12.5 Å². The molecule has 8 heteroatoms. The average Bonchev–Trinajstić information content (AvgIpc) is 3.48. The first-order valence-corrected chi connectivity index (χ1v) is 9.75. The van der Waals surface area contributed by atoms with Crippen molar-refractivity contribution in [1.82, 2.24) is 30.1 Å². The van der Waals surface area contributed by atoms with Gasteiger partial charge in [0.2, 0.25) is 0 Å². The van der Waals surface area contributed by atoms with Crippen molar-refractivity contribution in [3.05, 3.63) is 84.3 Å². The van der Waals surface area contributed by atoms with Crippen LogP contribution < -0.4 is 4.90 Å². The lowest BCUT2D eigenvalue weighted by Gasteiger charge is -2.33. The van der Waals surface area contributed by atoms with Gasteiger partial charge in [0.25, 0.3) is 5.89 Å². The maximum Gasteiger partial charge on any atom is 0.319 e. The summed E-state index contributed by atoms with van der Waals surface area (Å²) in [6.45, 7) is 0.695. The molecule has 0 saturated carbocycles. The number of hydrogen-bond donors (Lipinski definition) is 1. The predicted molar refractivity (Wildman–Crippen MR) is 111 cm³/mol. The fraction of sp³-hybridized carbons (Fsp3) is 0.136. The zero-order valence-corrected chi connectivity index (χ0v) is 15.9. The van der Waals surface area contributed by atoms with Crippen molar-refractivity contribution in [3.8, 4) is 11.6 Å². The molecule has 0 radical (unpaired) electrons. The van der Waals surface area contributed by atoms with Gasteiger partial charge in [-0.25, -0.2) is 4.98 Å². The number of rotatable bonds is 3. The van der Waals surface area contributed by atoms with Gasteiger partial charge < -0.3 is 14.3 Å². The fourth-order valence-corrected chi connectivity index (χ4v) is 3.97. The van der Waals surface area contributed by atoms with E-state index in [2.05, 4.69) is 48.2 Å². The lowest BCUT2D eigenvalue weighted by molar-refractivity contribution is 0.504. The van der Waals surface area contributed by atoms with Crippen molar-refractivity contribution in [1.29, 1.82) is 0 Å². The van der Waals surface area contributed by atoms with Crippen LogP contribution >= 0.6 is 0 Å². The summed E-state index contributed by atoms with van der Waals surface area (Å²) in [6.07, 6.45) is 6.12. The third-order valence-corrected chi connectivity index (χ3v) is 5.40. The number of nitrogens with one attached hydrogen (secondary N) is 1. The largest absolute Gasteiger partial charge is 0.402 e. The molecule has 0 bridgehead atoms. The molecule has 6 rings (SSSR count). The molecule has 0 unspecified atom stereocenters. The molecule has 0 fully saturated rings. The Morgan fingerprint density at radius 3 is 2.77 bits per heavy atom. The second kappa shape index (κ2) is 6.77. The first-order valence-electron chi connectivity index (χ1n) is 9.75. The maximum absolute atomic E-state index is 6.02. The van der Waals surface area contributed by atoms with Crippen molar-refractivity contribution >= 4 is 16.8 Å². The zero-order valence-electron chi connectivity index (χ0n) is 15.9. The van der Waals surface area contributed by atoms with Gasteiger partial charge in [-0.2, -0.15) is 0 Å². The standard InChI is InChI=1S/C22H17N7O/c1-2-6-15-12-24-18(11-14(15)5-1)20-19-16(25-13-26-19)8-10-29(20)22-28-27-21(30-22)17-7-3-4-9-23-17/h1-7,9,11-13,20H,8,10H2,(H,25,26)/t20-/m1/s1. The smallest absolute Gasteiger partial charge is 0.319 e. The van der Waals surface area contributed by atoms with Crippen LogP contribution in [-0.4, -0.2) is 36.7 Å². The van der Waals surface area contributed by atoms with Crippen molar-refractivity contribution in [2.45, 2.75) is 12.5 Å². The highest BCUT2D eigenvalue weighted by molar-refractivity contribution is 5.82. The molecule has 146 valence electrons. The van der Waals surface area contributed by atoms with Gasteiger partial charge in [-0.15, -0.1) is 5.10 Å². The number of H-pyrrole nitrogens is 1. The van der Waals surface area contributed by atoms with Gasteiger partial charge in [-0.1, -0.05) is 35.4 Å². The summed E-state index contributed by atoms with van der Waals surface area (Å²) in [7, 11) is 0. The number of aromatic nitrogens is 6. The highest BCUT2D eigenvalue weighted by Crippen LogP contribution is 2.36. The minimum absolute atomic E-state index is 0.196. The summed E-state index contributed by atoms with van der Waals surface area (Å²) in [5.74, 6) is 0.395. The molecule has 8 nitrogen and oxygen atoms in total. The monoisotopic (exact) mass is 395 g/mol. The van der Waals surface area contributed by atoms with Crippen LogP contribution in [0.25, 0.3) is 22.4 Å². The molecule has 1 atom stereocenters. The summed E-state index contributed by atoms with van der Waals surface area (Å²) in [5, 5.41) is 10.8. The minimum atomic E-state index is -0.196. The van der Waals surface area contributed by atoms with E-state index in [1.165, 1.54) is 0 Å². The van der Waals surface area contributed by atoms with Crippen molar-refractivity contribution in [2.24, 2.45) is 0 Å². The molecule has 0 spiro atoms. The maximum atomic E-state index is 6.02. The van der Waals surface area contributed by atoms with E-state index in [0.29, 0.717) is 24.1 Å². The Kier molecular flexibility index (Phi) is 3.80. The zero-order chi connectivity index (χ0) is 19.9. The second-order valence-electron chi connectivity index (χ2n) is 7.17. The molecule has 0 aliphatic carbocycles. The van der Waals surface area contributed by atoms with Crippen LogP contribution in [0.5, 0.6) is 0 Å². The quantitative estimate of drug-likeness (QED) is 0.499. The van der Waals surface area contributed by atoms with Gasteiger partial charge >= 0.3 is 6.01 Å². The second-order valence-corrected chi connectivity index (χ2v) is 7.17. The fourth-order valence-electron chi connectivity index (χ4n) is 3.97. The van der Waals surface area contributed by atoms with Crippen molar-refractivity contribution in [3.63, 3.8) is 0 Å². The summed E-state index contributed by atoms with van der Waals surface area (Å²) in [6, 6.07) is 16.1. The first-order chi connectivity index (χ1) is 14.9. The highest BCUT2D eigenvalue weighted by Gasteiger charge is 2.35. The predicted octanol–water partition coefficient (Wildman–Crippen LogP) is 3.56. The van der Waals surface area contributed by atoms with Crippen LogP contribution in [0.2, 0.25) is 0 Å². The molecule has 0 amide bonds. The third-order valence-electron chi connectivity index (χ3n) is 5.40. The summed E-state index contributed by atoms with van der Waals surface area (Å²) >= 11 is 0. The number of fused-ring (bicyclic) bond motifs is 2. The molecule has 0 saturated heterocycles. The minimum Gasteiger partial charge on any atom is -0.402 e. The number of imidazole rings is 1. The molecule has 1 N–H and O–H groups in total. The molecule has 4 aromatic heterocycles. The van der Waals surface area contributed by atoms with E-state index in [1.807, 2.05) is 36.5 Å². The van der Waals surface area contributed by atoms with Crippen LogP contribution in [0.15, 0.2) is 71.7 Å². The molecule has 5 aromatic rings. The van der Waals surface area contributed by atoms with Gasteiger partial charge in [0, 0.05) is 30.7 Å². The number of benzene rings is 1. The van der Waals surface area contributed by atoms with Crippen LogP contribution in [0.1, 0.15) is 23.1 Å². The van der Waals surface area contributed by atoms with E-state index in [-0.39, 0.29) is 6.04 Å². The van der Waals surface area contributed by atoms with Gasteiger partial charge in [0.15, 0.2) is 0 Å². The van der Waals surface area contributed by atoms with Crippen molar-refractivity contribution in [2.75, 3.05) is 11.4 Å². The third kappa shape index (κ3) is 2.73. The number of anilines is 1. The summed E-state index contributed by atoms with van der Waals surface area (Å²) in [5.41, 5.74) is 3.59. The SMILES string of the molecule is c1ccc(-c2nnc(N3CCc4nc[nH]c4[C@H]3c3cc4ccccc4cn3)o2)nc1. The normalized spacial score (nSPS) is 16.0. The lowest BCUT2D eigenvalue weighted by atomic mass is 9.98. The Morgan fingerprint density at radius 2 is 1.87 bits per heavy atom. The topological polar surface area (TPSA) is 96.6 Å². The van der Waals surface area contributed by atoms with Gasteiger partial charge in [0.05, 0.1) is 23.4 Å². The molecule has 5 heterocycles. The van der Waals surface area contributed by atoms with Gasteiger partial charge in [-0.05, 0) is 23.6 Å². The van der Waals surface area contributed by atoms with E-state index in [9.17, 15) is 0 Å². The first kappa shape index (κ1) is 16.8. The van der Waals surface area contributed by atoms with Crippen LogP contribution in [0.3, 0.4) is 0 Å². The molecule has 1 aliphatic rings. The average molecular weight is 395 g/mol. The molecule has 1 aliphatic heterocycles. The van der Waals surface area contributed by atoms with Crippen LogP contribution in [0, 0.1) is 0 Å². The van der Waals surface area contributed by atoms with E-state index in [4.69, 9.17) is 9.40 Å². The lowest BCUT2D eigenvalue weighted by Crippen LogP contribution is -2.37. The number of aromatic amines is 1. The molecule has 1 aromatic carbocycles. The Hall–Kier alpha value is -4.07. The number of pyridine rings is 2. The van der Waals surface area contributed by atoms with E-state index < -0.39 is 0 Å². The van der Waals surface area contributed by atoms with Gasteiger partial charge in [0.1, 0.15) is 11.7 Å².